The van der Waals surface area contributed by atoms with Crippen molar-refractivity contribution in [1.82, 2.24) is 0 Å². The van der Waals surface area contributed by atoms with Crippen molar-refractivity contribution in [3.63, 3.8) is 0 Å². The minimum atomic E-state index is -0.950. The molecule has 6 heteroatoms. The maximum absolute atomic E-state index is 11.8. The molecule has 19 heavy (non-hydrogen) atoms. The minimum absolute atomic E-state index is 0. The van der Waals surface area contributed by atoms with Gasteiger partial charge in [0.05, 0.1) is 13.2 Å². The predicted molar refractivity (Wildman–Crippen MR) is 69.5 cm³/mol. The summed E-state index contributed by atoms with van der Waals surface area (Å²) >= 11 is 0. The number of carbonyl (C=O) groups is 3. The molecule has 1 rings (SSSR count). The fourth-order valence-corrected chi connectivity index (χ4v) is 2.29. The van der Waals surface area contributed by atoms with Crippen LogP contribution in [0.15, 0.2) is 0 Å². The molecular weight excluding hydrogens is 351 g/mol. The van der Waals surface area contributed by atoms with Crippen LogP contribution < -0.4 is 0 Å². The summed E-state index contributed by atoms with van der Waals surface area (Å²) in [6.07, 6.45) is 2.21. The van der Waals surface area contributed by atoms with E-state index in [1.807, 2.05) is 0 Å². The Kier molecular flexibility index (Phi) is 9.14. The van der Waals surface area contributed by atoms with Gasteiger partial charge in [-0.1, -0.05) is 0 Å². The van der Waals surface area contributed by atoms with Gasteiger partial charge in [0.15, 0.2) is 5.92 Å². The molecule has 1 aliphatic rings. The van der Waals surface area contributed by atoms with Gasteiger partial charge in [0.2, 0.25) is 0 Å². The van der Waals surface area contributed by atoms with E-state index in [0.717, 1.165) is 6.42 Å². The molecule has 0 amide bonds. The first-order chi connectivity index (χ1) is 8.60. The fourth-order valence-electron chi connectivity index (χ4n) is 2.29. The number of ketones is 1. The molecular formula is C13H20InO5. The number of esters is 2. The van der Waals surface area contributed by atoms with E-state index in [1.54, 1.807) is 13.8 Å². The smallest absolute Gasteiger partial charge is 0.320 e. The number of Topliss-reactive ketones (excluding diaryl/α,β-unsaturated/α-hetero) is 1. The van der Waals surface area contributed by atoms with Crippen molar-refractivity contribution in [2.24, 2.45) is 11.8 Å². The molecule has 0 spiro atoms. The zero-order chi connectivity index (χ0) is 13.5. The van der Waals surface area contributed by atoms with E-state index in [0.29, 0.717) is 12.8 Å². The van der Waals surface area contributed by atoms with Crippen molar-refractivity contribution in [3.8, 4) is 0 Å². The number of carbonyl (C=O) groups excluding carboxylic acids is 3. The van der Waals surface area contributed by atoms with E-state index in [4.69, 9.17) is 9.47 Å². The van der Waals surface area contributed by atoms with Crippen LogP contribution in [0.4, 0.5) is 0 Å². The average molecular weight is 371 g/mol. The summed E-state index contributed by atoms with van der Waals surface area (Å²) in [6.45, 7) is 3.81. The van der Waals surface area contributed by atoms with E-state index in [-0.39, 0.29) is 57.2 Å². The largest absolute Gasteiger partial charge is 0.465 e. The summed E-state index contributed by atoms with van der Waals surface area (Å²) in [5.74, 6) is -2.27. The Morgan fingerprint density at radius 1 is 1.21 bits per heavy atom. The third-order valence-corrected chi connectivity index (χ3v) is 3.07. The molecule has 0 aromatic carbocycles. The van der Waals surface area contributed by atoms with Gasteiger partial charge in [-0.3, -0.25) is 14.4 Å². The summed E-state index contributed by atoms with van der Waals surface area (Å²) in [5, 5.41) is 0. The molecule has 0 N–H and O–H groups in total. The second-order valence-corrected chi connectivity index (χ2v) is 4.38. The average Bonchev–Trinajstić information content (AvgIpc) is 2.30. The van der Waals surface area contributed by atoms with E-state index >= 15 is 0 Å². The van der Waals surface area contributed by atoms with Gasteiger partial charge in [-0.05, 0) is 32.6 Å². The minimum Gasteiger partial charge on any atom is -0.465 e. The molecule has 105 valence electrons. The van der Waals surface area contributed by atoms with Crippen LogP contribution in [-0.2, 0) is 23.9 Å². The second kappa shape index (κ2) is 9.39. The fraction of sp³-hybridized carbons (Fsp3) is 0.769. The van der Waals surface area contributed by atoms with Gasteiger partial charge in [0.25, 0.3) is 0 Å². The van der Waals surface area contributed by atoms with Crippen molar-refractivity contribution in [2.45, 2.75) is 39.5 Å². The summed E-state index contributed by atoms with van der Waals surface area (Å²) in [7, 11) is 0. The van der Waals surface area contributed by atoms with Crippen molar-refractivity contribution in [2.75, 3.05) is 13.2 Å². The number of rotatable bonds is 5. The van der Waals surface area contributed by atoms with Crippen molar-refractivity contribution < 1.29 is 23.9 Å². The van der Waals surface area contributed by atoms with Crippen LogP contribution in [0.2, 0.25) is 0 Å². The number of hydrogen-bond acceptors (Lipinski definition) is 5. The predicted octanol–water partition coefficient (Wildman–Crippen LogP) is 1.11. The van der Waals surface area contributed by atoms with Crippen LogP contribution in [-0.4, -0.2) is 56.8 Å². The van der Waals surface area contributed by atoms with E-state index in [2.05, 4.69) is 0 Å². The van der Waals surface area contributed by atoms with Crippen molar-refractivity contribution in [1.29, 1.82) is 0 Å². The van der Waals surface area contributed by atoms with Crippen LogP contribution in [0.5, 0.6) is 0 Å². The monoisotopic (exact) mass is 371 g/mol. The van der Waals surface area contributed by atoms with E-state index < -0.39 is 17.9 Å². The van der Waals surface area contributed by atoms with Crippen LogP contribution >= 0.6 is 0 Å². The Bertz CT molecular complexity index is 311. The second-order valence-electron chi connectivity index (χ2n) is 4.38. The summed E-state index contributed by atoms with van der Waals surface area (Å²) in [5.41, 5.74) is 0. The molecule has 1 atom stereocenters. The third-order valence-electron chi connectivity index (χ3n) is 3.07. The Labute approximate surface area is 132 Å². The summed E-state index contributed by atoms with van der Waals surface area (Å²) in [4.78, 5) is 35.1. The Morgan fingerprint density at radius 2 is 1.74 bits per heavy atom. The maximum Gasteiger partial charge on any atom is 0.320 e. The molecule has 0 heterocycles. The molecule has 0 bridgehead atoms. The van der Waals surface area contributed by atoms with E-state index in [1.165, 1.54) is 0 Å². The standard InChI is InChI=1S/C13H20O5.In/c1-3-17-12(15)11(13(16)18-4-2)9-6-5-7-10(14)8-9;/h9,11H,3-8H2,1-2H3;. The molecule has 1 saturated carbocycles. The molecule has 1 fully saturated rings. The van der Waals surface area contributed by atoms with Crippen LogP contribution in [0.3, 0.4) is 0 Å². The van der Waals surface area contributed by atoms with Gasteiger partial charge >= 0.3 is 11.9 Å². The first-order valence-electron chi connectivity index (χ1n) is 6.45. The molecule has 0 aromatic heterocycles. The van der Waals surface area contributed by atoms with Crippen LogP contribution in [0.1, 0.15) is 39.5 Å². The Balaban J connectivity index is 0.00000324. The first-order valence-corrected chi connectivity index (χ1v) is 6.45. The molecule has 0 saturated heterocycles. The zero-order valence-corrected chi connectivity index (χ0v) is 14.8. The third kappa shape index (κ3) is 5.55. The summed E-state index contributed by atoms with van der Waals surface area (Å²) in [6, 6.07) is 0. The molecule has 0 aliphatic heterocycles. The normalized spacial score (nSPS) is 18.7. The molecule has 3 radical (unpaired) electrons. The molecule has 0 aromatic rings. The number of ether oxygens (including phenoxy) is 2. The van der Waals surface area contributed by atoms with Crippen molar-refractivity contribution >= 4 is 43.6 Å². The first kappa shape index (κ1) is 18.5. The Morgan fingerprint density at radius 3 is 2.16 bits per heavy atom. The van der Waals surface area contributed by atoms with Crippen LogP contribution in [0, 0.1) is 11.8 Å². The van der Waals surface area contributed by atoms with Gasteiger partial charge in [-0.25, -0.2) is 0 Å². The molecule has 5 nitrogen and oxygen atoms in total. The Hall–Kier alpha value is -0.520. The quantitative estimate of drug-likeness (QED) is 0.535. The summed E-state index contributed by atoms with van der Waals surface area (Å²) < 4.78 is 9.82. The zero-order valence-electron chi connectivity index (χ0n) is 11.5. The van der Waals surface area contributed by atoms with E-state index in [9.17, 15) is 14.4 Å². The molecule has 1 unspecified atom stereocenters. The molecule has 1 aliphatic carbocycles. The number of hydrogen-bond donors (Lipinski definition) is 0. The van der Waals surface area contributed by atoms with Gasteiger partial charge in [-0.15, -0.1) is 0 Å². The SMILES string of the molecule is CCOC(=O)C(C(=O)OCC)C1CCCC(=O)C1.[In]. The van der Waals surface area contributed by atoms with Gasteiger partial charge in [0, 0.05) is 38.7 Å². The van der Waals surface area contributed by atoms with Gasteiger partial charge < -0.3 is 9.47 Å². The topological polar surface area (TPSA) is 69.7 Å². The van der Waals surface area contributed by atoms with Crippen molar-refractivity contribution in [3.05, 3.63) is 0 Å². The van der Waals surface area contributed by atoms with Gasteiger partial charge in [-0.2, -0.15) is 0 Å². The van der Waals surface area contributed by atoms with Crippen LogP contribution in [0.25, 0.3) is 0 Å². The van der Waals surface area contributed by atoms with Gasteiger partial charge in [0.1, 0.15) is 5.78 Å². The maximum atomic E-state index is 11.8.